The van der Waals surface area contributed by atoms with Gasteiger partial charge in [-0.3, -0.25) is 0 Å². The summed E-state index contributed by atoms with van der Waals surface area (Å²) in [4.78, 5) is 0. The molecule has 0 unspecified atom stereocenters. The van der Waals surface area contributed by atoms with Crippen molar-refractivity contribution in [1.29, 1.82) is 0 Å². The highest BCUT2D eigenvalue weighted by atomic mass is 14.8. The first-order chi connectivity index (χ1) is 4.95. The zero-order valence-corrected chi connectivity index (χ0v) is 8.49. The molecule has 1 nitrogen and oxygen atoms in total. The summed E-state index contributed by atoms with van der Waals surface area (Å²) >= 11 is 0. The summed E-state index contributed by atoms with van der Waals surface area (Å²) in [5.74, 6) is 0. The fourth-order valence-corrected chi connectivity index (χ4v) is 1.13. The molecule has 11 heavy (non-hydrogen) atoms. The standard InChI is InChI=1S/C10H21N/c1-9(6-7-11-5)8-10(2,3)4/h8,11H,6-7H2,1-5H3/b9-8+. The van der Waals surface area contributed by atoms with E-state index in [2.05, 4.69) is 39.1 Å². The third-order valence-electron chi connectivity index (χ3n) is 1.45. The van der Waals surface area contributed by atoms with Gasteiger partial charge in [-0.25, -0.2) is 0 Å². The molecule has 0 aromatic carbocycles. The highest BCUT2D eigenvalue weighted by Crippen LogP contribution is 2.18. The minimum Gasteiger partial charge on any atom is -0.319 e. The Morgan fingerprint density at radius 2 is 1.91 bits per heavy atom. The topological polar surface area (TPSA) is 12.0 Å². The van der Waals surface area contributed by atoms with Gasteiger partial charge >= 0.3 is 0 Å². The van der Waals surface area contributed by atoms with Crippen LogP contribution in [0.5, 0.6) is 0 Å². The molecule has 0 aliphatic carbocycles. The van der Waals surface area contributed by atoms with Gasteiger partial charge in [-0.1, -0.05) is 32.4 Å². The summed E-state index contributed by atoms with van der Waals surface area (Å²) in [6.45, 7) is 9.97. The Balaban J connectivity index is 3.81. The molecule has 0 radical (unpaired) electrons. The maximum absolute atomic E-state index is 3.14. The minimum atomic E-state index is 0.331. The molecular formula is C10H21N. The molecule has 0 aromatic rings. The van der Waals surface area contributed by atoms with E-state index in [1.807, 2.05) is 7.05 Å². The van der Waals surface area contributed by atoms with E-state index >= 15 is 0 Å². The maximum atomic E-state index is 3.14. The Morgan fingerprint density at radius 3 is 2.27 bits per heavy atom. The van der Waals surface area contributed by atoms with E-state index in [-0.39, 0.29) is 0 Å². The summed E-state index contributed by atoms with van der Waals surface area (Å²) in [7, 11) is 1.99. The van der Waals surface area contributed by atoms with Gasteiger partial charge in [0, 0.05) is 0 Å². The molecule has 0 heterocycles. The van der Waals surface area contributed by atoms with Crippen LogP contribution in [0.4, 0.5) is 0 Å². The van der Waals surface area contributed by atoms with Crippen molar-refractivity contribution in [2.24, 2.45) is 5.41 Å². The molecule has 0 atom stereocenters. The average molecular weight is 155 g/mol. The molecule has 0 bridgehead atoms. The monoisotopic (exact) mass is 155 g/mol. The number of hydrogen-bond acceptors (Lipinski definition) is 1. The van der Waals surface area contributed by atoms with Crippen molar-refractivity contribution in [1.82, 2.24) is 5.32 Å². The van der Waals surface area contributed by atoms with Gasteiger partial charge < -0.3 is 5.32 Å². The molecule has 0 aromatic heterocycles. The van der Waals surface area contributed by atoms with Gasteiger partial charge in [0.2, 0.25) is 0 Å². The molecule has 0 aliphatic rings. The number of hydrogen-bond donors (Lipinski definition) is 1. The Labute approximate surface area is 70.9 Å². The quantitative estimate of drug-likeness (QED) is 0.618. The summed E-state index contributed by atoms with van der Waals surface area (Å²) < 4.78 is 0. The Kier molecular flexibility index (Phi) is 4.43. The van der Waals surface area contributed by atoms with E-state index in [9.17, 15) is 0 Å². The second-order valence-corrected chi connectivity index (χ2v) is 4.21. The molecule has 0 rings (SSSR count). The Morgan fingerprint density at radius 1 is 1.36 bits per heavy atom. The minimum absolute atomic E-state index is 0.331. The summed E-state index contributed by atoms with van der Waals surface area (Å²) in [5, 5.41) is 3.14. The third-order valence-corrected chi connectivity index (χ3v) is 1.45. The lowest BCUT2D eigenvalue weighted by molar-refractivity contribution is 0.537. The van der Waals surface area contributed by atoms with E-state index in [0.717, 1.165) is 13.0 Å². The third kappa shape index (κ3) is 7.60. The van der Waals surface area contributed by atoms with Crippen LogP contribution in [0.2, 0.25) is 0 Å². The van der Waals surface area contributed by atoms with E-state index in [1.54, 1.807) is 0 Å². The second-order valence-electron chi connectivity index (χ2n) is 4.21. The molecule has 0 amide bonds. The van der Waals surface area contributed by atoms with Crippen molar-refractivity contribution >= 4 is 0 Å². The van der Waals surface area contributed by atoms with Crippen molar-refractivity contribution < 1.29 is 0 Å². The normalized spacial score (nSPS) is 13.7. The largest absolute Gasteiger partial charge is 0.319 e. The molecule has 0 saturated carbocycles. The number of nitrogens with one attached hydrogen (secondary N) is 1. The van der Waals surface area contributed by atoms with Crippen molar-refractivity contribution in [2.45, 2.75) is 34.1 Å². The van der Waals surface area contributed by atoms with Gasteiger partial charge in [0.25, 0.3) is 0 Å². The highest BCUT2D eigenvalue weighted by molar-refractivity contribution is 5.03. The Hall–Kier alpha value is -0.300. The fourth-order valence-electron chi connectivity index (χ4n) is 1.13. The molecule has 1 N–H and O–H groups in total. The van der Waals surface area contributed by atoms with Crippen LogP contribution in [-0.4, -0.2) is 13.6 Å². The predicted molar refractivity (Wildman–Crippen MR) is 51.8 cm³/mol. The van der Waals surface area contributed by atoms with Crippen molar-refractivity contribution in [3.63, 3.8) is 0 Å². The van der Waals surface area contributed by atoms with Crippen LogP contribution in [-0.2, 0) is 0 Å². The van der Waals surface area contributed by atoms with Crippen molar-refractivity contribution in [3.8, 4) is 0 Å². The first kappa shape index (κ1) is 10.7. The smallest absolute Gasteiger partial charge is 0.00147 e. The van der Waals surface area contributed by atoms with Crippen LogP contribution >= 0.6 is 0 Å². The van der Waals surface area contributed by atoms with Crippen molar-refractivity contribution in [3.05, 3.63) is 11.6 Å². The zero-order valence-electron chi connectivity index (χ0n) is 8.49. The maximum Gasteiger partial charge on any atom is -0.00147 e. The van der Waals surface area contributed by atoms with Crippen molar-refractivity contribution in [2.75, 3.05) is 13.6 Å². The van der Waals surface area contributed by atoms with Crippen LogP contribution in [0, 0.1) is 5.41 Å². The molecular weight excluding hydrogens is 134 g/mol. The highest BCUT2D eigenvalue weighted by Gasteiger charge is 2.05. The van der Waals surface area contributed by atoms with Crippen LogP contribution in [0.15, 0.2) is 11.6 Å². The van der Waals surface area contributed by atoms with Crippen LogP contribution < -0.4 is 5.32 Å². The molecule has 66 valence electrons. The van der Waals surface area contributed by atoms with Crippen LogP contribution in [0.3, 0.4) is 0 Å². The lowest BCUT2D eigenvalue weighted by Gasteiger charge is -2.14. The summed E-state index contributed by atoms with van der Waals surface area (Å²) in [5.41, 5.74) is 1.81. The zero-order chi connectivity index (χ0) is 8.91. The van der Waals surface area contributed by atoms with Gasteiger partial charge in [-0.15, -0.1) is 0 Å². The first-order valence-electron chi connectivity index (χ1n) is 4.28. The lowest BCUT2D eigenvalue weighted by Crippen LogP contribution is -2.09. The predicted octanol–water partition coefficient (Wildman–Crippen LogP) is 2.59. The van der Waals surface area contributed by atoms with E-state index in [0.29, 0.717) is 5.41 Å². The molecule has 0 aliphatic heterocycles. The van der Waals surface area contributed by atoms with Gasteiger partial charge in [0.05, 0.1) is 0 Å². The SMILES string of the molecule is CNCC/C(C)=C/C(C)(C)C. The van der Waals surface area contributed by atoms with Crippen LogP contribution in [0.1, 0.15) is 34.1 Å². The summed E-state index contributed by atoms with van der Waals surface area (Å²) in [6, 6.07) is 0. The molecule has 0 fully saturated rings. The number of allylic oxidation sites excluding steroid dienone is 1. The van der Waals surface area contributed by atoms with Gasteiger partial charge in [-0.2, -0.15) is 0 Å². The molecule has 0 spiro atoms. The van der Waals surface area contributed by atoms with Gasteiger partial charge in [-0.05, 0) is 32.4 Å². The fraction of sp³-hybridized carbons (Fsp3) is 0.800. The van der Waals surface area contributed by atoms with E-state index in [4.69, 9.17) is 0 Å². The molecule has 1 heteroatoms. The molecule has 0 saturated heterocycles. The Bertz CT molecular complexity index is 128. The first-order valence-corrected chi connectivity index (χ1v) is 4.28. The van der Waals surface area contributed by atoms with Crippen LogP contribution in [0.25, 0.3) is 0 Å². The van der Waals surface area contributed by atoms with Gasteiger partial charge in [0.1, 0.15) is 0 Å². The number of rotatable bonds is 3. The van der Waals surface area contributed by atoms with E-state index in [1.165, 1.54) is 5.57 Å². The van der Waals surface area contributed by atoms with Gasteiger partial charge in [0.15, 0.2) is 0 Å². The second kappa shape index (κ2) is 4.55. The summed E-state index contributed by atoms with van der Waals surface area (Å²) in [6.07, 6.45) is 3.50. The average Bonchev–Trinajstić information content (AvgIpc) is 1.79. The van der Waals surface area contributed by atoms with E-state index < -0.39 is 0 Å². The lowest BCUT2D eigenvalue weighted by atomic mass is 9.93.